The fourth-order valence-electron chi connectivity index (χ4n) is 3.17. The zero-order valence-electron chi connectivity index (χ0n) is 16.6. The Labute approximate surface area is 170 Å². The van der Waals surface area contributed by atoms with Crippen LogP contribution in [0.4, 0.5) is 0 Å². The summed E-state index contributed by atoms with van der Waals surface area (Å²) in [5, 5.41) is 3.94. The summed E-state index contributed by atoms with van der Waals surface area (Å²) >= 11 is 0. The molecule has 0 aliphatic rings. The number of nitrogens with one attached hydrogen (secondary N) is 2. The van der Waals surface area contributed by atoms with Crippen LogP contribution in [0, 0.1) is 0 Å². The molecule has 6 nitrogen and oxygen atoms in total. The molecular formula is C23H26N2O4. The third-order valence-electron chi connectivity index (χ3n) is 4.76. The fraction of sp³-hybridized carbons (Fsp3) is 0.304. The predicted molar refractivity (Wildman–Crippen MR) is 112 cm³/mol. The highest BCUT2D eigenvalue weighted by molar-refractivity contribution is 5.83. The number of aryl methyl sites for hydroxylation is 1. The number of fused-ring (bicyclic) bond motifs is 1. The van der Waals surface area contributed by atoms with E-state index >= 15 is 0 Å². The number of carbonyl (C=O) groups is 2. The van der Waals surface area contributed by atoms with Gasteiger partial charge in [0.25, 0.3) is 5.91 Å². The first kappa shape index (κ1) is 20.5. The molecule has 2 aromatic carbocycles. The Morgan fingerprint density at radius 2 is 1.83 bits per heavy atom. The lowest BCUT2D eigenvalue weighted by molar-refractivity contribution is -0.148. The van der Waals surface area contributed by atoms with Gasteiger partial charge in [0.15, 0.2) is 6.61 Å². The van der Waals surface area contributed by atoms with Crippen molar-refractivity contribution in [1.29, 1.82) is 0 Å². The van der Waals surface area contributed by atoms with Gasteiger partial charge in [-0.15, -0.1) is 0 Å². The number of H-pyrrole nitrogens is 1. The van der Waals surface area contributed by atoms with Crippen molar-refractivity contribution in [3.63, 3.8) is 0 Å². The minimum Gasteiger partial charge on any atom is -0.497 e. The summed E-state index contributed by atoms with van der Waals surface area (Å²) in [5.41, 5.74) is 3.38. The van der Waals surface area contributed by atoms with Crippen LogP contribution in [0.2, 0.25) is 0 Å². The van der Waals surface area contributed by atoms with E-state index in [9.17, 15) is 9.59 Å². The van der Waals surface area contributed by atoms with E-state index in [2.05, 4.69) is 16.4 Å². The highest BCUT2D eigenvalue weighted by Crippen LogP contribution is 2.19. The molecule has 29 heavy (non-hydrogen) atoms. The maximum atomic E-state index is 11.9. The van der Waals surface area contributed by atoms with Gasteiger partial charge < -0.3 is 19.8 Å². The van der Waals surface area contributed by atoms with Crippen LogP contribution in [0.5, 0.6) is 5.75 Å². The summed E-state index contributed by atoms with van der Waals surface area (Å²) < 4.78 is 10.2. The SMILES string of the molecule is COc1ccc(CCNC(=O)COC(=O)CCCc2c[nH]c3ccccc23)cc1. The minimum atomic E-state index is -0.352. The van der Waals surface area contributed by atoms with Crippen molar-refractivity contribution in [1.82, 2.24) is 10.3 Å². The Morgan fingerprint density at radius 3 is 2.62 bits per heavy atom. The minimum absolute atomic E-state index is 0.242. The molecule has 0 aliphatic heterocycles. The smallest absolute Gasteiger partial charge is 0.306 e. The van der Waals surface area contributed by atoms with Crippen LogP contribution < -0.4 is 10.1 Å². The number of carbonyl (C=O) groups excluding carboxylic acids is 2. The van der Waals surface area contributed by atoms with E-state index in [-0.39, 0.29) is 18.5 Å². The van der Waals surface area contributed by atoms with Crippen molar-refractivity contribution in [3.05, 3.63) is 65.9 Å². The number of aromatic amines is 1. The highest BCUT2D eigenvalue weighted by atomic mass is 16.5. The van der Waals surface area contributed by atoms with E-state index in [1.165, 1.54) is 10.9 Å². The molecule has 0 saturated heterocycles. The topological polar surface area (TPSA) is 80.4 Å². The molecule has 0 spiro atoms. The van der Waals surface area contributed by atoms with Gasteiger partial charge in [-0.25, -0.2) is 0 Å². The normalized spacial score (nSPS) is 10.7. The molecule has 0 fully saturated rings. The highest BCUT2D eigenvalue weighted by Gasteiger charge is 2.09. The Kier molecular flexibility index (Phi) is 7.28. The van der Waals surface area contributed by atoms with Gasteiger partial charge in [0.1, 0.15) is 5.75 Å². The van der Waals surface area contributed by atoms with E-state index in [0.29, 0.717) is 25.8 Å². The van der Waals surface area contributed by atoms with Crippen LogP contribution >= 0.6 is 0 Å². The van der Waals surface area contributed by atoms with E-state index in [4.69, 9.17) is 9.47 Å². The lowest BCUT2D eigenvalue weighted by atomic mass is 10.1. The van der Waals surface area contributed by atoms with Gasteiger partial charge in [0.2, 0.25) is 0 Å². The van der Waals surface area contributed by atoms with Crippen molar-refractivity contribution < 1.29 is 19.1 Å². The fourth-order valence-corrected chi connectivity index (χ4v) is 3.17. The molecule has 2 N–H and O–H groups in total. The second-order valence-electron chi connectivity index (χ2n) is 6.82. The summed E-state index contributed by atoms with van der Waals surface area (Å²) in [7, 11) is 1.62. The number of amides is 1. The van der Waals surface area contributed by atoms with Gasteiger partial charge in [-0.3, -0.25) is 9.59 Å². The van der Waals surface area contributed by atoms with Crippen LogP contribution in [0.15, 0.2) is 54.7 Å². The van der Waals surface area contributed by atoms with E-state index < -0.39 is 0 Å². The number of hydrogen-bond donors (Lipinski definition) is 2. The zero-order valence-corrected chi connectivity index (χ0v) is 16.6. The lowest BCUT2D eigenvalue weighted by Gasteiger charge is -2.07. The molecule has 1 amide bonds. The summed E-state index contributed by atoms with van der Waals surface area (Å²) in [6.07, 6.45) is 4.44. The Bertz CT molecular complexity index is 947. The van der Waals surface area contributed by atoms with Gasteiger partial charge in [0.05, 0.1) is 7.11 Å². The van der Waals surface area contributed by atoms with Crippen molar-refractivity contribution in [3.8, 4) is 5.75 Å². The number of methoxy groups -OCH3 is 1. The number of ether oxygens (including phenoxy) is 2. The van der Waals surface area contributed by atoms with E-state index in [0.717, 1.165) is 23.3 Å². The Hall–Kier alpha value is -3.28. The van der Waals surface area contributed by atoms with Gasteiger partial charge in [0, 0.05) is 30.1 Å². The Morgan fingerprint density at radius 1 is 1.03 bits per heavy atom. The van der Waals surface area contributed by atoms with Crippen LogP contribution in [0.3, 0.4) is 0 Å². The van der Waals surface area contributed by atoms with Crippen LogP contribution in [0.25, 0.3) is 10.9 Å². The molecular weight excluding hydrogens is 368 g/mol. The number of hydrogen-bond acceptors (Lipinski definition) is 4. The number of benzene rings is 2. The van der Waals surface area contributed by atoms with Gasteiger partial charge in [-0.1, -0.05) is 30.3 Å². The summed E-state index contributed by atoms with van der Waals surface area (Å²) in [6.45, 7) is 0.248. The largest absolute Gasteiger partial charge is 0.497 e. The van der Waals surface area contributed by atoms with Crippen molar-refractivity contribution in [2.75, 3.05) is 20.3 Å². The molecule has 0 bridgehead atoms. The van der Waals surface area contributed by atoms with Crippen molar-refractivity contribution in [2.45, 2.75) is 25.7 Å². The summed E-state index contributed by atoms with van der Waals surface area (Å²) in [4.78, 5) is 26.9. The van der Waals surface area contributed by atoms with Gasteiger partial charge in [-0.2, -0.15) is 0 Å². The number of rotatable bonds is 10. The quantitative estimate of drug-likeness (QED) is 0.517. The molecule has 6 heteroatoms. The first-order valence-electron chi connectivity index (χ1n) is 9.76. The van der Waals surface area contributed by atoms with Crippen LogP contribution in [-0.4, -0.2) is 37.1 Å². The van der Waals surface area contributed by atoms with Crippen molar-refractivity contribution >= 4 is 22.8 Å². The number of esters is 1. The maximum absolute atomic E-state index is 11.9. The molecule has 0 radical (unpaired) electrons. The molecule has 0 aliphatic carbocycles. The molecule has 0 atom stereocenters. The van der Waals surface area contributed by atoms with E-state index in [1.807, 2.05) is 48.7 Å². The van der Waals surface area contributed by atoms with Crippen LogP contribution in [0.1, 0.15) is 24.0 Å². The third kappa shape index (κ3) is 6.10. The molecule has 152 valence electrons. The molecule has 0 saturated carbocycles. The van der Waals surface area contributed by atoms with Crippen LogP contribution in [-0.2, 0) is 27.2 Å². The first-order chi connectivity index (χ1) is 14.2. The van der Waals surface area contributed by atoms with Gasteiger partial charge in [-0.05, 0) is 48.6 Å². The van der Waals surface area contributed by atoms with E-state index in [1.54, 1.807) is 7.11 Å². The molecule has 1 heterocycles. The number of para-hydroxylation sites is 1. The molecule has 0 unspecified atom stereocenters. The first-order valence-corrected chi connectivity index (χ1v) is 9.76. The molecule has 3 aromatic rings. The standard InChI is InChI=1S/C23H26N2O4/c1-28-19-11-9-17(10-12-19)13-14-24-22(26)16-29-23(27)8-4-5-18-15-25-21-7-3-2-6-20(18)21/h2-3,6-7,9-12,15,25H,4-5,8,13-14,16H2,1H3,(H,24,26). The number of aromatic nitrogens is 1. The second kappa shape index (κ2) is 10.3. The second-order valence-corrected chi connectivity index (χ2v) is 6.82. The monoisotopic (exact) mass is 394 g/mol. The molecule has 3 rings (SSSR count). The van der Waals surface area contributed by atoms with Gasteiger partial charge >= 0.3 is 5.97 Å². The average molecular weight is 394 g/mol. The zero-order chi connectivity index (χ0) is 20.5. The summed E-state index contributed by atoms with van der Waals surface area (Å²) in [5.74, 6) is 0.160. The molecule has 1 aromatic heterocycles. The average Bonchev–Trinajstić information content (AvgIpc) is 3.16. The third-order valence-corrected chi connectivity index (χ3v) is 4.76. The predicted octanol–water partition coefficient (Wildman–Crippen LogP) is 3.40. The van der Waals surface area contributed by atoms with Crippen molar-refractivity contribution in [2.24, 2.45) is 0 Å². The summed E-state index contributed by atoms with van der Waals surface area (Å²) in [6, 6.07) is 15.8. The lowest BCUT2D eigenvalue weighted by Crippen LogP contribution is -2.30. The maximum Gasteiger partial charge on any atom is 0.306 e. The Balaban J connectivity index is 1.30.